The maximum atomic E-state index is 13.2. The monoisotopic (exact) mass is 329 g/mol. The molecule has 122 valence electrons. The van der Waals surface area contributed by atoms with Crippen LogP contribution in [0.25, 0.3) is 0 Å². The summed E-state index contributed by atoms with van der Waals surface area (Å²) in [6.45, 7) is 0. The van der Waals surface area contributed by atoms with Gasteiger partial charge in [0.25, 0.3) is 0 Å². The third-order valence-corrected chi connectivity index (χ3v) is 2.69. The summed E-state index contributed by atoms with van der Waals surface area (Å²) in [5, 5.41) is 0. The van der Waals surface area contributed by atoms with E-state index in [1.807, 2.05) is 0 Å². The van der Waals surface area contributed by atoms with Crippen LogP contribution in [-0.4, -0.2) is 35.1 Å². The molecule has 0 spiro atoms. The van der Waals surface area contributed by atoms with Crippen LogP contribution < -0.4 is 14.2 Å². The van der Waals surface area contributed by atoms with E-state index in [2.05, 4.69) is 15.0 Å². The molecule has 0 saturated carbocycles. The first-order chi connectivity index (χ1) is 10.9. The van der Waals surface area contributed by atoms with Crippen LogP contribution in [0.15, 0.2) is 24.8 Å². The van der Waals surface area contributed by atoms with E-state index >= 15 is 0 Å². The number of benzene rings is 1. The van der Waals surface area contributed by atoms with E-state index in [1.165, 1.54) is 7.11 Å². The summed E-state index contributed by atoms with van der Waals surface area (Å²) in [5.74, 6) is -1.79. The Kier molecular flexibility index (Phi) is 4.63. The van der Waals surface area contributed by atoms with Gasteiger partial charge < -0.3 is 14.2 Å². The molecule has 0 saturated heterocycles. The molecule has 23 heavy (non-hydrogen) atoms. The van der Waals surface area contributed by atoms with Crippen LogP contribution in [0.1, 0.15) is 15.9 Å². The smallest absolute Gasteiger partial charge is 0.417 e. The number of carbonyl (C=O) groups is 1. The van der Waals surface area contributed by atoms with Gasteiger partial charge in [-0.1, -0.05) is 0 Å². The number of aromatic nitrogens is 3. The minimum Gasteiger partial charge on any atom is -0.497 e. The van der Waals surface area contributed by atoms with E-state index < -0.39 is 29.3 Å². The van der Waals surface area contributed by atoms with Crippen LogP contribution in [0.2, 0.25) is 0 Å². The third-order valence-electron chi connectivity index (χ3n) is 2.69. The Labute approximate surface area is 128 Å². The Morgan fingerprint density at radius 2 is 1.74 bits per heavy atom. The SMILES string of the molecule is COc1cc(OC)c(C(=O)Oc2ncncn2)c(C(F)(F)F)c1. The second-order valence-electron chi connectivity index (χ2n) is 4.06. The summed E-state index contributed by atoms with van der Waals surface area (Å²) >= 11 is 0. The van der Waals surface area contributed by atoms with E-state index in [0.717, 1.165) is 25.8 Å². The summed E-state index contributed by atoms with van der Waals surface area (Å²) in [5.41, 5.74) is -2.06. The maximum absolute atomic E-state index is 13.2. The van der Waals surface area contributed by atoms with Crippen molar-refractivity contribution in [3.63, 3.8) is 0 Å². The molecule has 0 unspecified atom stereocenters. The number of rotatable bonds is 4. The van der Waals surface area contributed by atoms with Gasteiger partial charge in [0, 0.05) is 6.07 Å². The first kappa shape index (κ1) is 16.5. The molecule has 1 heterocycles. The molecule has 0 radical (unpaired) electrons. The molecule has 0 aliphatic heterocycles. The van der Waals surface area contributed by atoms with E-state index in [9.17, 15) is 18.0 Å². The number of halogens is 3. The standard InChI is InChI=1S/C13H10F3N3O4/c1-21-7-3-8(13(14,15)16)10(9(4-7)22-2)11(20)23-12-18-5-17-6-19-12/h3-6H,1-2H3. The van der Waals surface area contributed by atoms with Crippen LogP contribution in [0.3, 0.4) is 0 Å². The lowest BCUT2D eigenvalue weighted by Crippen LogP contribution is -2.19. The van der Waals surface area contributed by atoms with E-state index in [1.54, 1.807) is 0 Å². The number of alkyl halides is 3. The average molecular weight is 329 g/mol. The van der Waals surface area contributed by atoms with E-state index in [-0.39, 0.29) is 11.5 Å². The van der Waals surface area contributed by atoms with Gasteiger partial charge in [-0.25, -0.2) is 9.78 Å². The van der Waals surface area contributed by atoms with Crippen molar-refractivity contribution in [2.24, 2.45) is 0 Å². The Hall–Kier alpha value is -2.91. The van der Waals surface area contributed by atoms with Crippen molar-refractivity contribution in [1.82, 2.24) is 15.0 Å². The van der Waals surface area contributed by atoms with Gasteiger partial charge in [0.2, 0.25) is 0 Å². The quantitative estimate of drug-likeness (QED) is 0.795. The average Bonchev–Trinajstić information content (AvgIpc) is 2.53. The first-order valence-corrected chi connectivity index (χ1v) is 6.04. The van der Waals surface area contributed by atoms with Gasteiger partial charge in [-0.15, -0.1) is 0 Å². The highest BCUT2D eigenvalue weighted by molar-refractivity contribution is 5.96. The molecule has 0 aliphatic rings. The third kappa shape index (κ3) is 3.65. The first-order valence-electron chi connectivity index (χ1n) is 6.04. The fraction of sp³-hybridized carbons (Fsp3) is 0.231. The summed E-state index contributed by atoms with van der Waals surface area (Å²) in [6.07, 6.45) is -2.76. The molecule has 0 N–H and O–H groups in total. The van der Waals surface area contributed by atoms with Gasteiger partial charge in [0.15, 0.2) is 0 Å². The lowest BCUT2D eigenvalue weighted by atomic mass is 10.1. The van der Waals surface area contributed by atoms with Crippen LogP contribution >= 0.6 is 0 Å². The van der Waals surface area contributed by atoms with Crippen LogP contribution in [0, 0.1) is 0 Å². The van der Waals surface area contributed by atoms with Crippen molar-refractivity contribution in [3.05, 3.63) is 35.9 Å². The predicted octanol–water partition coefficient (Wildman–Crippen LogP) is 2.13. The second-order valence-corrected chi connectivity index (χ2v) is 4.06. The zero-order chi connectivity index (χ0) is 17.0. The number of carbonyl (C=O) groups excluding carboxylic acids is 1. The molecule has 1 aromatic heterocycles. The Morgan fingerprint density at radius 1 is 1.09 bits per heavy atom. The van der Waals surface area contributed by atoms with Crippen molar-refractivity contribution in [2.45, 2.75) is 6.18 Å². The van der Waals surface area contributed by atoms with E-state index in [4.69, 9.17) is 14.2 Å². The fourth-order valence-electron chi connectivity index (χ4n) is 1.72. The Bertz CT molecular complexity index is 708. The second kappa shape index (κ2) is 6.46. The molecule has 0 amide bonds. The summed E-state index contributed by atoms with van der Waals surface area (Å²) in [6, 6.07) is 1.38. The number of methoxy groups -OCH3 is 2. The van der Waals surface area contributed by atoms with Crippen molar-refractivity contribution >= 4 is 5.97 Å². The number of hydrogen-bond donors (Lipinski definition) is 0. The number of esters is 1. The Morgan fingerprint density at radius 3 is 2.26 bits per heavy atom. The summed E-state index contributed by atoms with van der Waals surface area (Å²) < 4.78 is 54.0. The molecule has 0 fully saturated rings. The van der Waals surface area contributed by atoms with Gasteiger partial charge in [-0.3, -0.25) is 0 Å². The maximum Gasteiger partial charge on any atom is 0.417 e. The predicted molar refractivity (Wildman–Crippen MR) is 69.3 cm³/mol. The molecule has 2 aromatic rings. The van der Waals surface area contributed by atoms with Crippen LogP contribution in [0.5, 0.6) is 17.5 Å². The fourth-order valence-corrected chi connectivity index (χ4v) is 1.72. The lowest BCUT2D eigenvalue weighted by Gasteiger charge is -2.16. The van der Waals surface area contributed by atoms with Crippen molar-refractivity contribution in [3.8, 4) is 17.5 Å². The normalized spacial score (nSPS) is 11.0. The highest BCUT2D eigenvalue weighted by Crippen LogP contribution is 2.39. The Balaban J connectivity index is 2.52. The minimum absolute atomic E-state index is 0.120. The molecule has 2 rings (SSSR count). The number of nitrogens with zero attached hydrogens (tertiary/aromatic N) is 3. The topological polar surface area (TPSA) is 83.4 Å². The number of hydrogen-bond acceptors (Lipinski definition) is 7. The van der Waals surface area contributed by atoms with Gasteiger partial charge in [0.05, 0.1) is 19.8 Å². The van der Waals surface area contributed by atoms with E-state index in [0.29, 0.717) is 6.07 Å². The van der Waals surface area contributed by atoms with Crippen LogP contribution in [-0.2, 0) is 6.18 Å². The molecular formula is C13H10F3N3O4. The zero-order valence-electron chi connectivity index (χ0n) is 11.9. The molecule has 10 heteroatoms. The summed E-state index contributed by atoms with van der Waals surface area (Å²) in [7, 11) is 2.31. The number of ether oxygens (including phenoxy) is 3. The van der Waals surface area contributed by atoms with Crippen molar-refractivity contribution in [1.29, 1.82) is 0 Å². The molecule has 7 nitrogen and oxygen atoms in total. The lowest BCUT2D eigenvalue weighted by molar-refractivity contribution is -0.138. The zero-order valence-corrected chi connectivity index (χ0v) is 11.9. The highest BCUT2D eigenvalue weighted by Gasteiger charge is 2.39. The minimum atomic E-state index is -4.82. The molecule has 0 aliphatic carbocycles. The summed E-state index contributed by atoms with van der Waals surface area (Å²) in [4.78, 5) is 22.6. The molecular weight excluding hydrogens is 319 g/mol. The highest BCUT2D eigenvalue weighted by atomic mass is 19.4. The van der Waals surface area contributed by atoms with Gasteiger partial charge in [-0.05, 0) is 6.07 Å². The van der Waals surface area contributed by atoms with Crippen molar-refractivity contribution in [2.75, 3.05) is 14.2 Å². The molecule has 1 aromatic carbocycles. The van der Waals surface area contributed by atoms with Gasteiger partial charge >= 0.3 is 18.2 Å². The molecule has 0 atom stereocenters. The van der Waals surface area contributed by atoms with Crippen molar-refractivity contribution < 1.29 is 32.2 Å². The van der Waals surface area contributed by atoms with Crippen LogP contribution in [0.4, 0.5) is 13.2 Å². The molecule has 0 bridgehead atoms. The largest absolute Gasteiger partial charge is 0.497 e. The van der Waals surface area contributed by atoms with Gasteiger partial charge in [0.1, 0.15) is 29.7 Å². The van der Waals surface area contributed by atoms with Gasteiger partial charge in [-0.2, -0.15) is 23.1 Å².